The lowest BCUT2D eigenvalue weighted by atomic mass is 10.0. The summed E-state index contributed by atoms with van der Waals surface area (Å²) in [5, 5.41) is 16.2. The monoisotopic (exact) mass is 436 g/mol. The number of aromatic nitrogens is 2. The number of nitrogens with zero attached hydrogens (tertiary/aromatic N) is 3. The van der Waals surface area contributed by atoms with Gasteiger partial charge in [-0.15, -0.1) is 0 Å². The van der Waals surface area contributed by atoms with Crippen molar-refractivity contribution in [1.29, 1.82) is 5.26 Å². The fraction of sp³-hybridized carbons (Fsp3) is 0.261. The number of carbonyl (C=O) groups is 1. The smallest absolute Gasteiger partial charge is 0.272 e. The van der Waals surface area contributed by atoms with E-state index >= 15 is 0 Å². The Hall–Kier alpha value is -3.93. The van der Waals surface area contributed by atoms with Gasteiger partial charge in [0, 0.05) is 19.0 Å². The Balaban J connectivity index is 1.29. The molecule has 2 atom stereocenters. The van der Waals surface area contributed by atoms with Crippen LogP contribution in [0.15, 0.2) is 42.5 Å². The molecule has 0 fully saturated rings. The van der Waals surface area contributed by atoms with Gasteiger partial charge in [-0.05, 0) is 42.3 Å². The topological polar surface area (TPSA) is 89.2 Å². The lowest BCUT2D eigenvalue weighted by Gasteiger charge is -2.25. The summed E-state index contributed by atoms with van der Waals surface area (Å²) >= 11 is 0. The summed E-state index contributed by atoms with van der Waals surface area (Å²) in [4.78, 5) is 12.8. The zero-order chi connectivity index (χ0) is 22.2. The van der Waals surface area contributed by atoms with Crippen LogP contribution in [0.1, 0.15) is 39.7 Å². The Morgan fingerprint density at radius 1 is 1.22 bits per heavy atom. The number of ether oxygens (including phenoxy) is 2. The van der Waals surface area contributed by atoms with Crippen LogP contribution >= 0.6 is 0 Å². The third-order valence-electron chi connectivity index (χ3n) is 5.59. The molecule has 0 radical (unpaired) electrons. The van der Waals surface area contributed by atoms with Crippen LogP contribution in [-0.2, 0) is 13.0 Å². The van der Waals surface area contributed by atoms with Crippen molar-refractivity contribution in [3.8, 4) is 17.7 Å². The number of nitriles is 1. The maximum atomic E-state index is 14.1. The molecule has 2 aliphatic rings. The van der Waals surface area contributed by atoms with Gasteiger partial charge >= 0.3 is 0 Å². The molecule has 162 valence electrons. The molecule has 5 rings (SSSR count). The van der Waals surface area contributed by atoms with E-state index in [1.807, 2.05) is 0 Å². The number of halogens is 2. The second-order valence-electron chi connectivity index (χ2n) is 7.74. The Morgan fingerprint density at radius 3 is 2.81 bits per heavy atom. The molecule has 0 aliphatic carbocycles. The van der Waals surface area contributed by atoms with Gasteiger partial charge in [-0.2, -0.15) is 10.4 Å². The molecule has 32 heavy (non-hydrogen) atoms. The molecular weight excluding hydrogens is 418 g/mol. The number of amides is 1. The minimum atomic E-state index is -0.797. The Bertz CT molecular complexity index is 1230. The Morgan fingerprint density at radius 2 is 2.03 bits per heavy atom. The van der Waals surface area contributed by atoms with Crippen molar-refractivity contribution in [1.82, 2.24) is 15.1 Å². The first-order valence-electron chi connectivity index (χ1n) is 10.2. The summed E-state index contributed by atoms with van der Waals surface area (Å²) in [6.45, 7) is 0.654. The summed E-state index contributed by atoms with van der Waals surface area (Å²) in [5.41, 5.74) is 1.40. The fourth-order valence-corrected chi connectivity index (χ4v) is 4.05. The summed E-state index contributed by atoms with van der Waals surface area (Å²) in [5.74, 6) is -0.765. The van der Waals surface area contributed by atoms with Crippen LogP contribution in [0.3, 0.4) is 0 Å². The van der Waals surface area contributed by atoms with Crippen molar-refractivity contribution in [3.05, 3.63) is 76.5 Å². The Labute approximate surface area is 182 Å². The minimum Gasteiger partial charge on any atom is -0.491 e. The highest BCUT2D eigenvalue weighted by atomic mass is 19.1. The third kappa shape index (κ3) is 3.64. The van der Waals surface area contributed by atoms with Crippen LogP contribution in [0.2, 0.25) is 0 Å². The van der Waals surface area contributed by atoms with E-state index in [1.165, 1.54) is 28.9 Å². The highest BCUT2D eigenvalue weighted by Crippen LogP contribution is 2.33. The van der Waals surface area contributed by atoms with Crippen molar-refractivity contribution >= 4 is 5.91 Å². The summed E-state index contributed by atoms with van der Waals surface area (Å²) < 4.78 is 41.2. The molecule has 0 spiro atoms. The Kier molecular flexibility index (Phi) is 4.98. The van der Waals surface area contributed by atoms with Crippen LogP contribution < -0.4 is 14.8 Å². The van der Waals surface area contributed by atoms with Gasteiger partial charge in [-0.25, -0.2) is 13.5 Å². The number of benzene rings is 2. The van der Waals surface area contributed by atoms with E-state index in [1.54, 1.807) is 18.2 Å². The van der Waals surface area contributed by atoms with Crippen LogP contribution in [0.5, 0.6) is 11.6 Å². The van der Waals surface area contributed by atoms with Gasteiger partial charge in [0.05, 0.1) is 23.2 Å². The molecule has 0 saturated carbocycles. The summed E-state index contributed by atoms with van der Waals surface area (Å²) in [6, 6.07) is 12.1. The standard InChI is InChI=1S/C23H18F2N4O3/c24-16-2-1-3-17(25)22(16)20-6-7-29-21(32-20)10-18(28-29)23(30)27-15-9-14-8-13(11-26)4-5-19(14)31-12-15/h1-5,8,10,15,20H,6-7,9,12H2,(H,27,30)/t15-,20?/m1/s1. The number of hydrogen-bond donors (Lipinski definition) is 1. The number of hydrogen-bond acceptors (Lipinski definition) is 5. The quantitative estimate of drug-likeness (QED) is 0.681. The molecule has 1 unspecified atom stereocenters. The zero-order valence-electron chi connectivity index (χ0n) is 16.8. The number of fused-ring (bicyclic) bond motifs is 2. The maximum Gasteiger partial charge on any atom is 0.272 e. The van der Waals surface area contributed by atoms with Gasteiger partial charge in [-0.1, -0.05) is 6.07 Å². The van der Waals surface area contributed by atoms with Gasteiger partial charge in [0.15, 0.2) is 5.69 Å². The molecule has 1 aromatic heterocycles. The summed E-state index contributed by atoms with van der Waals surface area (Å²) in [6.07, 6.45) is 0.0473. The van der Waals surface area contributed by atoms with Crippen LogP contribution in [0, 0.1) is 23.0 Å². The lowest BCUT2D eigenvalue weighted by molar-refractivity contribution is 0.0909. The van der Waals surface area contributed by atoms with Gasteiger partial charge in [0.25, 0.3) is 5.91 Å². The van der Waals surface area contributed by atoms with Crippen molar-refractivity contribution in [3.63, 3.8) is 0 Å². The highest BCUT2D eigenvalue weighted by Gasteiger charge is 2.30. The second-order valence-corrected chi connectivity index (χ2v) is 7.74. The molecular formula is C23H18F2N4O3. The van der Waals surface area contributed by atoms with E-state index in [0.717, 1.165) is 5.56 Å². The van der Waals surface area contributed by atoms with Gasteiger partial charge in [0.1, 0.15) is 30.1 Å². The number of nitrogens with one attached hydrogen (secondary N) is 1. The average Bonchev–Trinajstić information content (AvgIpc) is 3.22. The lowest BCUT2D eigenvalue weighted by Crippen LogP contribution is -2.42. The van der Waals surface area contributed by atoms with Crippen LogP contribution in [0.25, 0.3) is 0 Å². The third-order valence-corrected chi connectivity index (χ3v) is 5.59. The van der Waals surface area contributed by atoms with Crippen molar-refractivity contribution < 1.29 is 23.0 Å². The normalized spacial score (nSPS) is 19.0. The van der Waals surface area contributed by atoms with Crippen LogP contribution in [0.4, 0.5) is 8.78 Å². The van der Waals surface area contributed by atoms with E-state index in [-0.39, 0.29) is 23.2 Å². The van der Waals surface area contributed by atoms with Crippen molar-refractivity contribution in [2.24, 2.45) is 0 Å². The van der Waals surface area contributed by atoms with Gasteiger partial charge in [-0.3, -0.25) is 4.79 Å². The maximum absolute atomic E-state index is 14.1. The van der Waals surface area contributed by atoms with Gasteiger partial charge < -0.3 is 14.8 Å². The molecule has 1 amide bonds. The minimum absolute atomic E-state index is 0.124. The predicted molar refractivity (Wildman–Crippen MR) is 108 cm³/mol. The van der Waals surface area contributed by atoms with Gasteiger partial charge in [0.2, 0.25) is 5.88 Å². The van der Waals surface area contributed by atoms with Crippen molar-refractivity contribution in [2.75, 3.05) is 6.61 Å². The largest absolute Gasteiger partial charge is 0.491 e. The first-order valence-corrected chi connectivity index (χ1v) is 10.2. The van der Waals surface area contributed by atoms with E-state index in [0.29, 0.717) is 37.3 Å². The molecule has 7 nitrogen and oxygen atoms in total. The predicted octanol–water partition coefficient (Wildman–Crippen LogP) is 3.29. The van der Waals surface area contributed by atoms with E-state index in [9.17, 15) is 13.6 Å². The summed E-state index contributed by atoms with van der Waals surface area (Å²) in [7, 11) is 0. The molecule has 0 bridgehead atoms. The molecule has 3 aromatic rings. The molecule has 2 aromatic carbocycles. The number of rotatable bonds is 3. The molecule has 3 heterocycles. The molecule has 1 N–H and O–H groups in total. The zero-order valence-corrected chi connectivity index (χ0v) is 16.8. The molecule has 2 aliphatic heterocycles. The first-order chi connectivity index (χ1) is 15.5. The number of carbonyl (C=O) groups excluding carboxylic acids is 1. The molecule has 0 saturated heterocycles. The van der Waals surface area contributed by atoms with Crippen LogP contribution in [-0.4, -0.2) is 28.3 Å². The fourth-order valence-electron chi connectivity index (χ4n) is 4.05. The van der Waals surface area contributed by atoms with E-state index in [2.05, 4.69) is 16.5 Å². The van der Waals surface area contributed by atoms with E-state index < -0.39 is 23.6 Å². The van der Waals surface area contributed by atoms with E-state index in [4.69, 9.17) is 14.7 Å². The SMILES string of the molecule is N#Cc1ccc2c(c1)C[C@@H](NC(=O)c1cc3n(n1)CCC(c1c(F)cccc1F)O3)CO2. The first kappa shape index (κ1) is 20.0. The average molecular weight is 436 g/mol. The second kappa shape index (κ2) is 7.96. The van der Waals surface area contributed by atoms with Crippen molar-refractivity contribution in [2.45, 2.75) is 31.5 Å². The number of aryl methyl sites for hydroxylation is 1. The molecule has 9 heteroatoms. The highest BCUT2D eigenvalue weighted by molar-refractivity contribution is 5.92.